The second-order valence-corrected chi connectivity index (χ2v) is 4.84. The third kappa shape index (κ3) is 2.75. The van der Waals surface area contributed by atoms with E-state index in [1.165, 1.54) is 11.8 Å². The van der Waals surface area contributed by atoms with E-state index in [2.05, 4.69) is 11.9 Å². The van der Waals surface area contributed by atoms with Gasteiger partial charge in [0.15, 0.2) is 4.87 Å². The van der Waals surface area contributed by atoms with Gasteiger partial charge in [-0.1, -0.05) is 6.08 Å². The quantitative estimate of drug-likeness (QED) is 0.524. The highest BCUT2D eigenvalue weighted by Crippen LogP contribution is 2.32. The Hall–Kier alpha value is -0.480. The summed E-state index contributed by atoms with van der Waals surface area (Å²) in [7, 11) is 0. The molecule has 80 valence electrons. The molecule has 1 atom stereocenters. The Morgan fingerprint density at radius 1 is 1.71 bits per heavy atom. The smallest absolute Gasteiger partial charge is 0.334 e. The number of hydrogen-bond donors (Lipinski definition) is 2. The molecule has 14 heavy (non-hydrogen) atoms. The van der Waals surface area contributed by atoms with E-state index in [4.69, 9.17) is 5.11 Å². The largest absolute Gasteiger partial charge is 0.479 e. The summed E-state index contributed by atoms with van der Waals surface area (Å²) in [5.74, 6) is 0.157. The lowest BCUT2D eigenvalue weighted by Gasteiger charge is -2.23. The average Bonchev–Trinajstić information content (AvgIpc) is 2.62. The molecule has 1 saturated heterocycles. The molecule has 4 heteroatoms. The fraction of sp³-hybridized carbons (Fsp3) is 0.700. The molecule has 0 aliphatic carbocycles. The van der Waals surface area contributed by atoms with Crippen LogP contribution in [0.25, 0.3) is 0 Å². The van der Waals surface area contributed by atoms with Crippen LogP contribution in [0.4, 0.5) is 0 Å². The topological polar surface area (TPSA) is 49.3 Å². The van der Waals surface area contributed by atoms with Crippen molar-refractivity contribution in [1.29, 1.82) is 0 Å². The number of carboxylic acid groups (broad SMARTS) is 1. The van der Waals surface area contributed by atoms with Gasteiger partial charge in [-0.15, -0.1) is 18.3 Å². The highest BCUT2D eigenvalue weighted by Gasteiger charge is 2.41. The lowest BCUT2D eigenvalue weighted by molar-refractivity contribution is -0.140. The van der Waals surface area contributed by atoms with E-state index in [0.717, 1.165) is 38.0 Å². The minimum absolute atomic E-state index is 0.707. The summed E-state index contributed by atoms with van der Waals surface area (Å²) < 4.78 is 0. The van der Waals surface area contributed by atoms with Gasteiger partial charge in [0.2, 0.25) is 0 Å². The first-order valence-electron chi connectivity index (χ1n) is 4.94. The number of unbranched alkanes of at least 4 members (excludes halogenated alkanes) is 1. The lowest BCUT2D eigenvalue weighted by Crippen LogP contribution is -2.44. The van der Waals surface area contributed by atoms with Crippen LogP contribution in [0.1, 0.15) is 25.7 Å². The van der Waals surface area contributed by atoms with Crippen LogP contribution >= 0.6 is 11.8 Å². The average molecular weight is 215 g/mol. The zero-order valence-electron chi connectivity index (χ0n) is 8.29. The number of carbonyl (C=O) groups is 1. The summed E-state index contributed by atoms with van der Waals surface area (Å²) in [6, 6.07) is 0. The molecule has 2 N–H and O–H groups in total. The van der Waals surface area contributed by atoms with Crippen molar-refractivity contribution in [3.8, 4) is 0 Å². The van der Waals surface area contributed by atoms with Gasteiger partial charge in [0.05, 0.1) is 0 Å². The van der Waals surface area contributed by atoms with Crippen LogP contribution in [-0.4, -0.2) is 28.2 Å². The van der Waals surface area contributed by atoms with Gasteiger partial charge >= 0.3 is 5.97 Å². The van der Waals surface area contributed by atoms with E-state index in [1.54, 1.807) is 0 Å². The minimum Gasteiger partial charge on any atom is -0.479 e. The molecule has 0 radical (unpaired) electrons. The molecule has 1 heterocycles. The Labute approximate surface area is 89.0 Å². The molecule has 3 nitrogen and oxygen atoms in total. The Balaban J connectivity index is 2.36. The SMILES string of the molecule is C=CCCCS[C@@]1(C(=O)O)CCCN1. The van der Waals surface area contributed by atoms with Crippen molar-refractivity contribution < 1.29 is 9.90 Å². The number of rotatable bonds is 6. The van der Waals surface area contributed by atoms with Gasteiger partial charge in [-0.05, 0) is 38.0 Å². The van der Waals surface area contributed by atoms with Gasteiger partial charge in [-0.25, -0.2) is 4.79 Å². The molecule has 0 bridgehead atoms. The maximum absolute atomic E-state index is 11.1. The van der Waals surface area contributed by atoms with E-state index in [0.29, 0.717) is 0 Å². The Morgan fingerprint density at radius 2 is 2.50 bits per heavy atom. The van der Waals surface area contributed by atoms with Crippen molar-refractivity contribution >= 4 is 17.7 Å². The number of thioether (sulfide) groups is 1. The highest BCUT2D eigenvalue weighted by atomic mass is 32.2. The van der Waals surface area contributed by atoms with Crippen LogP contribution in [0, 0.1) is 0 Å². The molecular formula is C10H17NO2S. The van der Waals surface area contributed by atoms with Crippen molar-refractivity contribution in [2.75, 3.05) is 12.3 Å². The Morgan fingerprint density at radius 3 is 3.00 bits per heavy atom. The lowest BCUT2D eigenvalue weighted by atomic mass is 10.2. The Bertz CT molecular complexity index is 212. The summed E-state index contributed by atoms with van der Waals surface area (Å²) in [4.78, 5) is 10.4. The minimum atomic E-state index is -0.724. The van der Waals surface area contributed by atoms with E-state index < -0.39 is 10.8 Å². The van der Waals surface area contributed by atoms with Crippen molar-refractivity contribution in [3.63, 3.8) is 0 Å². The number of aliphatic carboxylic acids is 1. The third-order valence-electron chi connectivity index (χ3n) is 2.36. The maximum atomic E-state index is 11.1. The fourth-order valence-corrected chi connectivity index (χ4v) is 2.83. The van der Waals surface area contributed by atoms with Crippen LogP contribution in [0.3, 0.4) is 0 Å². The molecule has 0 aromatic heterocycles. The number of allylic oxidation sites excluding steroid dienone is 1. The zero-order valence-corrected chi connectivity index (χ0v) is 9.11. The van der Waals surface area contributed by atoms with Crippen LogP contribution < -0.4 is 5.32 Å². The monoisotopic (exact) mass is 215 g/mol. The van der Waals surface area contributed by atoms with Gasteiger partial charge in [0.25, 0.3) is 0 Å². The fourth-order valence-electron chi connectivity index (χ4n) is 1.56. The first-order valence-corrected chi connectivity index (χ1v) is 5.93. The molecule has 0 aromatic rings. The maximum Gasteiger partial charge on any atom is 0.334 e. The van der Waals surface area contributed by atoms with Crippen LogP contribution in [0.5, 0.6) is 0 Å². The van der Waals surface area contributed by atoms with E-state index in [1.807, 2.05) is 6.08 Å². The van der Waals surface area contributed by atoms with Crippen LogP contribution in [0.2, 0.25) is 0 Å². The molecule has 0 saturated carbocycles. The van der Waals surface area contributed by atoms with E-state index in [-0.39, 0.29) is 0 Å². The first-order chi connectivity index (χ1) is 6.71. The van der Waals surface area contributed by atoms with Crippen LogP contribution in [0.15, 0.2) is 12.7 Å². The van der Waals surface area contributed by atoms with E-state index in [9.17, 15) is 4.79 Å². The van der Waals surface area contributed by atoms with Gasteiger partial charge in [0.1, 0.15) is 0 Å². The van der Waals surface area contributed by atoms with Crippen molar-refractivity contribution in [2.45, 2.75) is 30.6 Å². The molecule has 0 amide bonds. The molecule has 1 fully saturated rings. The molecule has 0 aromatic carbocycles. The van der Waals surface area contributed by atoms with Crippen molar-refractivity contribution in [3.05, 3.63) is 12.7 Å². The number of carboxylic acids is 1. The van der Waals surface area contributed by atoms with Gasteiger partial charge < -0.3 is 5.11 Å². The number of nitrogens with one attached hydrogen (secondary N) is 1. The molecule has 1 aliphatic heterocycles. The second kappa shape index (κ2) is 5.41. The van der Waals surface area contributed by atoms with Gasteiger partial charge in [-0.3, -0.25) is 5.32 Å². The highest BCUT2D eigenvalue weighted by molar-refractivity contribution is 8.01. The normalized spacial score (nSPS) is 26.3. The zero-order chi connectivity index (χ0) is 10.4. The van der Waals surface area contributed by atoms with Crippen molar-refractivity contribution in [2.24, 2.45) is 0 Å². The summed E-state index contributed by atoms with van der Waals surface area (Å²) in [6.07, 6.45) is 5.53. The predicted molar refractivity (Wildman–Crippen MR) is 59.5 cm³/mol. The summed E-state index contributed by atoms with van der Waals surface area (Å²) in [5, 5.41) is 12.2. The van der Waals surface area contributed by atoms with Gasteiger partial charge in [0, 0.05) is 0 Å². The van der Waals surface area contributed by atoms with E-state index >= 15 is 0 Å². The first kappa shape index (κ1) is 11.6. The third-order valence-corrected chi connectivity index (χ3v) is 3.87. The molecule has 1 rings (SSSR count). The predicted octanol–water partition coefficient (Wildman–Crippen LogP) is 1.85. The second-order valence-electron chi connectivity index (χ2n) is 3.44. The summed E-state index contributed by atoms with van der Waals surface area (Å²) in [6.45, 7) is 4.46. The van der Waals surface area contributed by atoms with Crippen molar-refractivity contribution in [1.82, 2.24) is 5.32 Å². The number of hydrogen-bond acceptors (Lipinski definition) is 3. The molecule has 1 aliphatic rings. The molecule has 0 spiro atoms. The molecule has 0 unspecified atom stereocenters. The van der Waals surface area contributed by atoms with Gasteiger partial charge in [-0.2, -0.15) is 0 Å². The standard InChI is InChI=1S/C10H17NO2S/c1-2-3-4-8-14-10(9(12)13)6-5-7-11-10/h2,11H,1,3-8H2,(H,12,13)/t10-/m1/s1. The summed E-state index contributed by atoms with van der Waals surface area (Å²) >= 11 is 1.52. The Kier molecular flexibility index (Phi) is 4.48. The summed E-state index contributed by atoms with van der Waals surface area (Å²) in [5.41, 5.74) is 0. The molecular weight excluding hydrogens is 198 g/mol. The van der Waals surface area contributed by atoms with Crippen LogP contribution in [-0.2, 0) is 4.79 Å².